The van der Waals surface area contributed by atoms with E-state index >= 15 is 0 Å². The van der Waals surface area contributed by atoms with Crippen molar-refractivity contribution in [3.63, 3.8) is 0 Å². The fourth-order valence-electron chi connectivity index (χ4n) is 2.11. The van der Waals surface area contributed by atoms with Crippen LogP contribution in [0.4, 0.5) is 5.69 Å². The number of nitrogens with zero attached hydrogens (tertiary/aromatic N) is 2. The molecule has 1 amide bonds. The smallest absolute Gasteiger partial charge is 0.224 e. The van der Waals surface area contributed by atoms with E-state index in [1.54, 1.807) is 24.3 Å². The molecule has 0 spiro atoms. The molecule has 1 aromatic rings. The fourth-order valence-corrected chi connectivity index (χ4v) is 2.11. The first-order valence-corrected chi connectivity index (χ1v) is 7.00. The molecule has 0 aliphatic carbocycles. The summed E-state index contributed by atoms with van der Waals surface area (Å²) in [4.78, 5) is 14.0. The van der Waals surface area contributed by atoms with E-state index in [1.807, 2.05) is 0 Å². The van der Waals surface area contributed by atoms with Gasteiger partial charge in [-0.2, -0.15) is 5.26 Å². The zero-order valence-electron chi connectivity index (χ0n) is 12.5. The van der Waals surface area contributed by atoms with Crippen molar-refractivity contribution in [2.24, 2.45) is 5.92 Å². The van der Waals surface area contributed by atoms with Gasteiger partial charge in [0.1, 0.15) is 0 Å². The Morgan fingerprint density at radius 1 is 1.45 bits per heavy atom. The van der Waals surface area contributed by atoms with E-state index in [-0.39, 0.29) is 5.91 Å². The average molecular weight is 273 g/mol. The van der Waals surface area contributed by atoms with Crippen LogP contribution >= 0.6 is 0 Å². The van der Waals surface area contributed by atoms with Crippen LogP contribution in [0.25, 0.3) is 0 Å². The Hall–Kier alpha value is -1.86. The van der Waals surface area contributed by atoms with Gasteiger partial charge < -0.3 is 10.2 Å². The largest absolute Gasteiger partial charge is 0.326 e. The van der Waals surface area contributed by atoms with E-state index in [0.717, 1.165) is 19.5 Å². The van der Waals surface area contributed by atoms with Crippen LogP contribution in [-0.4, -0.2) is 30.9 Å². The molecule has 4 nitrogen and oxygen atoms in total. The first-order chi connectivity index (χ1) is 9.51. The van der Waals surface area contributed by atoms with Crippen molar-refractivity contribution < 1.29 is 4.79 Å². The summed E-state index contributed by atoms with van der Waals surface area (Å²) in [7, 11) is 2.08. The van der Waals surface area contributed by atoms with Gasteiger partial charge in [0.2, 0.25) is 5.91 Å². The lowest BCUT2D eigenvalue weighted by molar-refractivity contribution is -0.116. The van der Waals surface area contributed by atoms with Crippen molar-refractivity contribution in [2.45, 2.75) is 26.7 Å². The number of nitrogens with one attached hydrogen (secondary N) is 1. The van der Waals surface area contributed by atoms with Crippen molar-refractivity contribution >= 4 is 11.6 Å². The highest BCUT2D eigenvalue weighted by Crippen LogP contribution is 2.10. The highest BCUT2D eigenvalue weighted by Gasteiger charge is 2.05. The summed E-state index contributed by atoms with van der Waals surface area (Å²) in [5, 5.41) is 11.6. The first-order valence-electron chi connectivity index (χ1n) is 7.00. The number of carbonyl (C=O) groups excluding carboxylic acids is 1. The molecule has 1 aromatic carbocycles. The molecule has 0 saturated carbocycles. The standard InChI is InChI=1S/C16H23N3O/c1-13(2)12-19(3)9-5-8-16(20)18-15-7-4-6-14(10-15)11-17/h4,6-7,10,13H,5,8-9,12H2,1-3H3,(H,18,20). The molecule has 0 atom stereocenters. The van der Waals surface area contributed by atoms with Gasteiger partial charge in [-0.1, -0.05) is 19.9 Å². The molecular weight excluding hydrogens is 250 g/mol. The molecule has 0 heterocycles. The quantitative estimate of drug-likeness (QED) is 0.831. The van der Waals surface area contributed by atoms with Gasteiger partial charge in [-0.05, 0) is 44.1 Å². The van der Waals surface area contributed by atoms with Crippen molar-refractivity contribution in [3.8, 4) is 6.07 Å². The maximum atomic E-state index is 11.8. The van der Waals surface area contributed by atoms with Crippen LogP contribution < -0.4 is 5.32 Å². The fraction of sp³-hybridized carbons (Fsp3) is 0.500. The molecule has 0 aromatic heterocycles. The van der Waals surface area contributed by atoms with Crippen LogP contribution in [-0.2, 0) is 4.79 Å². The van der Waals surface area contributed by atoms with Crippen LogP contribution in [0.5, 0.6) is 0 Å². The topological polar surface area (TPSA) is 56.1 Å². The lowest BCUT2D eigenvalue weighted by atomic mass is 10.2. The summed E-state index contributed by atoms with van der Waals surface area (Å²) < 4.78 is 0. The zero-order valence-corrected chi connectivity index (χ0v) is 12.5. The second-order valence-electron chi connectivity index (χ2n) is 5.50. The molecule has 0 bridgehead atoms. The van der Waals surface area contributed by atoms with Crippen molar-refractivity contribution in [1.82, 2.24) is 4.90 Å². The van der Waals surface area contributed by atoms with Crippen LogP contribution in [0.1, 0.15) is 32.3 Å². The molecule has 0 saturated heterocycles. The van der Waals surface area contributed by atoms with Gasteiger partial charge in [0.25, 0.3) is 0 Å². The molecule has 20 heavy (non-hydrogen) atoms. The van der Waals surface area contributed by atoms with Crippen LogP contribution in [0, 0.1) is 17.2 Å². The van der Waals surface area contributed by atoms with Crippen molar-refractivity contribution in [3.05, 3.63) is 29.8 Å². The zero-order chi connectivity index (χ0) is 15.0. The summed E-state index contributed by atoms with van der Waals surface area (Å²) in [5.41, 5.74) is 1.24. The van der Waals surface area contributed by atoms with Gasteiger partial charge in [0.15, 0.2) is 0 Å². The highest BCUT2D eigenvalue weighted by molar-refractivity contribution is 5.90. The third kappa shape index (κ3) is 6.35. The second-order valence-corrected chi connectivity index (χ2v) is 5.50. The Morgan fingerprint density at radius 2 is 2.20 bits per heavy atom. The number of benzene rings is 1. The lowest BCUT2D eigenvalue weighted by Crippen LogP contribution is -2.25. The lowest BCUT2D eigenvalue weighted by Gasteiger charge is -2.18. The van der Waals surface area contributed by atoms with E-state index < -0.39 is 0 Å². The number of carbonyl (C=O) groups is 1. The van der Waals surface area contributed by atoms with E-state index in [2.05, 4.69) is 37.2 Å². The van der Waals surface area contributed by atoms with Gasteiger partial charge in [0, 0.05) is 18.7 Å². The number of anilines is 1. The molecule has 1 N–H and O–H groups in total. The average Bonchev–Trinajstić information content (AvgIpc) is 2.38. The summed E-state index contributed by atoms with van der Waals surface area (Å²) >= 11 is 0. The minimum Gasteiger partial charge on any atom is -0.326 e. The number of hydrogen-bond acceptors (Lipinski definition) is 3. The Bertz CT molecular complexity index is 477. The molecule has 0 unspecified atom stereocenters. The molecule has 108 valence electrons. The Labute approximate surface area is 121 Å². The van der Waals surface area contributed by atoms with Gasteiger partial charge in [-0.25, -0.2) is 0 Å². The SMILES string of the molecule is CC(C)CN(C)CCCC(=O)Nc1cccc(C#N)c1. The molecule has 1 rings (SSSR count). The Morgan fingerprint density at radius 3 is 2.85 bits per heavy atom. The predicted octanol–water partition coefficient (Wildman–Crippen LogP) is 2.86. The molecule has 0 aliphatic heterocycles. The molecule has 0 radical (unpaired) electrons. The third-order valence-electron chi connectivity index (χ3n) is 2.90. The monoisotopic (exact) mass is 273 g/mol. The maximum absolute atomic E-state index is 11.8. The number of rotatable bonds is 7. The summed E-state index contributed by atoms with van der Waals surface area (Å²) in [6.45, 7) is 6.34. The van der Waals surface area contributed by atoms with Crippen molar-refractivity contribution in [2.75, 3.05) is 25.5 Å². The second kappa shape index (κ2) is 8.34. The van der Waals surface area contributed by atoms with Crippen LogP contribution in [0.3, 0.4) is 0 Å². The summed E-state index contributed by atoms with van der Waals surface area (Å²) in [5.74, 6) is 0.639. The number of amides is 1. The first kappa shape index (κ1) is 16.2. The van der Waals surface area contributed by atoms with E-state index in [4.69, 9.17) is 5.26 Å². The van der Waals surface area contributed by atoms with E-state index in [1.165, 1.54) is 0 Å². The van der Waals surface area contributed by atoms with Crippen molar-refractivity contribution in [1.29, 1.82) is 5.26 Å². The summed E-state index contributed by atoms with van der Waals surface area (Å²) in [6.07, 6.45) is 1.34. The van der Waals surface area contributed by atoms with Crippen LogP contribution in [0.15, 0.2) is 24.3 Å². The van der Waals surface area contributed by atoms with Gasteiger partial charge >= 0.3 is 0 Å². The number of nitriles is 1. The molecule has 0 fully saturated rings. The molecule has 0 aliphatic rings. The normalized spacial score (nSPS) is 10.6. The highest BCUT2D eigenvalue weighted by atomic mass is 16.1. The predicted molar refractivity (Wildman–Crippen MR) is 81.4 cm³/mol. The minimum absolute atomic E-state index is 0.00182. The molecule has 4 heteroatoms. The van der Waals surface area contributed by atoms with E-state index in [9.17, 15) is 4.79 Å². The number of hydrogen-bond donors (Lipinski definition) is 1. The summed E-state index contributed by atoms with van der Waals surface area (Å²) in [6, 6.07) is 9.02. The third-order valence-corrected chi connectivity index (χ3v) is 2.90. The van der Waals surface area contributed by atoms with Crippen LogP contribution in [0.2, 0.25) is 0 Å². The van der Waals surface area contributed by atoms with Gasteiger partial charge in [-0.15, -0.1) is 0 Å². The molecular formula is C16H23N3O. The van der Waals surface area contributed by atoms with E-state index in [0.29, 0.717) is 23.6 Å². The van der Waals surface area contributed by atoms with Gasteiger partial charge in [-0.3, -0.25) is 4.79 Å². The minimum atomic E-state index is -0.00182. The van der Waals surface area contributed by atoms with Gasteiger partial charge in [0.05, 0.1) is 11.6 Å². The maximum Gasteiger partial charge on any atom is 0.224 e. The Kier molecular flexibility index (Phi) is 6.75. The Balaban J connectivity index is 2.31.